The van der Waals surface area contributed by atoms with Crippen LogP contribution >= 0.6 is 11.6 Å². The summed E-state index contributed by atoms with van der Waals surface area (Å²) >= 11 is 6.09. The van der Waals surface area contributed by atoms with Gasteiger partial charge in [-0.25, -0.2) is 9.78 Å². The Hall–Kier alpha value is -4.49. The van der Waals surface area contributed by atoms with E-state index in [0.29, 0.717) is 41.8 Å². The van der Waals surface area contributed by atoms with E-state index in [1.54, 1.807) is 19.2 Å². The molecule has 1 aliphatic carbocycles. The minimum Gasteiger partial charge on any atom is -0.496 e. The van der Waals surface area contributed by atoms with E-state index in [1.165, 1.54) is 7.11 Å². The lowest BCUT2D eigenvalue weighted by Crippen LogP contribution is -2.73. The lowest BCUT2D eigenvalue weighted by atomic mass is 9.73. The van der Waals surface area contributed by atoms with Crippen molar-refractivity contribution in [3.63, 3.8) is 0 Å². The number of benzene rings is 2. The number of aromatic nitrogens is 3. The number of methoxy groups -OCH3 is 2. The fraction of sp³-hybridized carbons (Fsp3) is 0.394. The van der Waals surface area contributed by atoms with Crippen molar-refractivity contribution in [3.8, 4) is 17.7 Å². The first-order chi connectivity index (χ1) is 21.3. The fourth-order valence-electron chi connectivity index (χ4n) is 6.50. The SMILES string of the molecule is COC(=O)c1ccc2nc(N3CC4(CN(c5cccc(OCc6ccc(Cl)cc6OC)n5)C4)C3)n(CC3(CC#N)CC3)c2c1. The van der Waals surface area contributed by atoms with E-state index in [9.17, 15) is 10.1 Å². The summed E-state index contributed by atoms with van der Waals surface area (Å²) in [6.45, 7) is 4.60. The first-order valence-corrected chi connectivity index (χ1v) is 15.1. The maximum Gasteiger partial charge on any atom is 0.337 e. The largest absolute Gasteiger partial charge is 0.496 e. The number of hydrogen-bond acceptors (Lipinski definition) is 9. The molecule has 11 heteroatoms. The second-order valence-electron chi connectivity index (χ2n) is 12.3. The van der Waals surface area contributed by atoms with Gasteiger partial charge in [-0.3, -0.25) is 0 Å². The van der Waals surface area contributed by atoms with Crippen LogP contribution in [0, 0.1) is 22.2 Å². The molecule has 226 valence electrons. The van der Waals surface area contributed by atoms with Gasteiger partial charge in [-0.15, -0.1) is 0 Å². The van der Waals surface area contributed by atoms with Crippen molar-refractivity contribution < 1.29 is 19.0 Å². The number of esters is 1. The lowest BCUT2D eigenvalue weighted by molar-refractivity contribution is 0.0601. The molecule has 0 bridgehead atoms. The number of carbonyl (C=O) groups excluding carboxylic acids is 1. The van der Waals surface area contributed by atoms with Crippen LogP contribution in [-0.4, -0.2) is 60.9 Å². The normalized spacial score (nSPS) is 17.5. The van der Waals surface area contributed by atoms with Gasteiger partial charge in [0.25, 0.3) is 0 Å². The van der Waals surface area contributed by atoms with Crippen molar-refractivity contribution in [1.82, 2.24) is 14.5 Å². The van der Waals surface area contributed by atoms with Crippen LogP contribution in [0.25, 0.3) is 11.0 Å². The summed E-state index contributed by atoms with van der Waals surface area (Å²) in [6, 6.07) is 19.2. The Morgan fingerprint density at radius 3 is 2.55 bits per heavy atom. The first-order valence-electron chi connectivity index (χ1n) is 14.7. The number of carbonyl (C=O) groups is 1. The predicted molar refractivity (Wildman–Crippen MR) is 166 cm³/mol. The quantitative estimate of drug-likeness (QED) is 0.215. The highest BCUT2D eigenvalue weighted by atomic mass is 35.5. The Kier molecular flexibility index (Phi) is 7.01. The third-order valence-corrected chi connectivity index (χ3v) is 9.33. The third kappa shape index (κ3) is 5.15. The Bertz CT molecular complexity index is 1780. The van der Waals surface area contributed by atoms with Crippen molar-refractivity contribution in [2.75, 3.05) is 50.2 Å². The molecular weight excluding hydrogens is 580 g/mol. The topological polar surface area (TPSA) is 106 Å². The van der Waals surface area contributed by atoms with Crippen molar-refractivity contribution in [2.45, 2.75) is 32.4 Å². The molecule has 3 aliphatic rings. The van der Waals surface area contributed by atoms with Crippen LogP contribution in [0.3, 0.4) is 0 Å². The molecule has 44 heavy (non-hydrogen) atoms. The van der Waals surface area contributed by atoms with Crippen LogP contribution in [0.15, 0.2) is 54.6 Å². The van der Waals surface area contributed by atoms with Gasteiger partial charge >= 0.3 is 5.97 Å². The van der Waals surface area contributed by atoms with Crippen LogP contribution in [-0.2, 0) is 17.9 Å². The Labute approximate surface area is 260 Å². The highest BCUT2D eigenvalue weighted by molar-refractivity contribution is 6.30. The minimum atomic E-state index is -0.371. The molecular formula is C33H33ClN6O4. The summed E-state index contributed by atoms with van der Waals surface area (Å²) in [5.41, 5.74) is 3.28. The average Bonchev–Trinajstić information content (AvgIpc) is 3.67. The summed E-state index contributed by atoms with van der Waals surface area (Å²) in [5.74, 6) is 2.67. The number of ether oxygens (including phenoxy) is 3. The van der Waals surface area contributed by atoms with E-state index in [-0.39, 0.29) is 16.8 Å². The number of rotatable bonds is 10. The van der Waals surface area contributed by atoms with Gasteiger partial charge in [-0.1, -0.05) is 23.7 Å². The molecule has 1 spiro atoms. The first kappa shape index (κ1) is 28.3. The van der Waals surface area contributed by atoms with Gasteiger partial charge in [0.05, 0.1) is 36.9 Å². The number of nitriles is 1. The summed E-state index contributed by atoms with van der Waals surface area (Å²) in [4.78, 5) is 26.7. The van der Waals surface area contributed by atoms with E-state index >= 15 is 0 Å². The van der Waals surface area contributed by atoms with Crippen LogP contribution in [0.4, 0.5) is 11.8 Å². The third-order valence-electron chi connectivity index (χ3n) is 9.10. The Morgan fingerprint density at radius 2 is 1.82 bits per heavy atom. The second kappa shape index (κ2) is 10.9. The number of fused-ring (bicyclic) bond motifs is 1. The molecule has 10 nitrogen and oxygen atoms in total. The van der Waals surface area contributed by atoms with E-state index in [2.05, 4.69) is 20.4 Å². The summed E-state index contributed by atoms with van der Waals surface area (Å²) in [6.07, 6.45) is 2.57. The van der Waals surface area contributed by atoms with Gasteiger partial charge in [0.2, 0.25) is 11.8 Å². The maximum atomic E-state index is 12.3. The van der Waals surface area contributed by atoms with E-state index in [0.717, 1.165) is 67.4 Å². The minimum absolute atomic E-state index is 0.0222. The number of nitrogens with zero attached hydrogens (tertiary/aromatic N) is 6. The van der Waals surface area contributed by atoms with Crippen molar-refractivity contribution in [2.24, 2.45) is 10.8 Å². The Morgan fingerprint density at radius 1 is 1.02 bits per heavy atom. The van der Waals surface area contributed by atoms with Gasteiger partial charge in [0.15, 0.2) is 0 Å². The predicted octanol–water partition coefficient (Wildman–Crippen LogP) is 5.48. The number of imidazole rings is 1. The Balaban J connectivity index is 1.04. The number of hydrogen-bond donors (Lipinski definition) is 0. The molecule has 7 rings (SSSR count). The van der Waals surface area contributed by atoms with Crippen LogP contribution < -0.4 is 19.3 Å². The molecule has 0 atom stereocenters. The molecule has 2 saturated heterocycles. The van der Waals surface area contributed by atoms with Crippen LogP contribution in [0.2, 0.25) is 5.02 Å². The zero-order valence-corrected chi connectivity index (χ0v) is 25.5. The van der Waals surface area contributed by atoms with Gasteiger partial charge in [-0.2, -0.15) is 10.2 Å². The van der Waals surface area contributed by atoms with Gasteiger partial charge in [0.1, 0.15) is 18.2 Å². The molecule has 4 aromatic rings. The molecule has 0 radical (unpaired) electrons. The van der Waals surface area contributed by atoms with Gasteiger partial charge in [0, 0.05) is 66.6 Å². The molecule has 2 aromatic carbocycles. The number of pyridine rings is 1. The van der Waals surface area contributed by atoms with Crippen LogP contribution in [0.1, 0.15) is 35.2 Å². The highest BCUT2D eigenvalue weighted by Crippen LogP contribution is 2.52. The zero-order chi connectivity index (χ0) is 30.5. The lowest BCUT2D eigenvalue weighted by Gasteiger charge is -2.60. The molecule has 0 amide bonds. The highest BCUT2D eigenvalue weighted by Gasteiger charge is 2.53. The van der Waals surface area contributed by atoms with E-state index < -0.39 is 0 Å². The standard InChI is InChI=1S/C33H33ClN6O4/c1-42-27-15-24(34)8-6-23(27)16-44-29-5-3-4-28(37-29)38-17-33(18-38)19-39(20-33)31-36-25-9-7-22(30(41)43-2)14-26(25)40(31)21-32(10-11-32)12-13-35/h3-9,14-15H,10-12,16-21H2,1-2H3. The van der Waals surface area contributed by atoms with E-state index in [4.69, 9.17) is 35.8 Å². The molecule has 2 aliphatic heterocycles. The van der Waals surface area contributed by atoms with Crippen molar-refractivity contribution >= 4 is 40.4 Å². The van der Waals surface area contributed by atoms with Crippen LogP contribution in [0.5, 0.6) is 11.6 Å². The summed E-state index contributed by atoms with van der Waals surface area (Å²) < 4.78 is 18.6. The fourth-order valence-corrected chi connectivity index (χ4v) is 6.66. The smallest absolute Gasteiger partial charge is 0.337 e. The van der Waals surface area contributed by atoms with Crippen molar-refractivity contribution in [1.29, 1.82) is 5.26 Å². The molecule has 1 saturated carbocycles. The second-order valence-corrected chi connectivity index (χ2v) is 12.8. The molecule has 3 fully saturated rings. The summed E-state index contributed by atoms with van der Waals surface area (Å²) in [7, 11) is 3.00. The monoisotopic (exact) mass is 612 g/mol. The average molecular weight is 613 g/mol. The molecule has 2 aromatic heterocycles. The van der Waals surface area contributed by atoms with Gasteiger partial charge in [-0.05, 0) is 49.2 Å². The molecule has 0 N–H and O–H groups in total. The maximum absolute atomic E-state index is 12.3. The van der Waals surface area contributed by atoms with E-state index in [1.807, 2.05) is 42.5 Å². The summed E-state index contributed by atoms with van der Waals surface area (Å²) in [5, 5.41) is 10.1. The number of halogens is 1. The zero-order valence-electron chi connectivity index (χ0n) is 24.8. The van der Waals surface area contributed by atoms with Crippen molar-refractivity contribution in [3.05, 3.63) is 70.7 Å². The van der Waals surface area contributed by atoms with Gasteiger partial charge < -0.3 is 28.6 Å². The number of anilines is 2. The molecule has 4 heterocycles. The molecule has 0 unspecified atom stereocenters.